The Morgan fingerprint density at radius 1 is 1.12 bits per heavy atom. The smallest absolute Gasteiger partial charge is 0.246 e. The Morgan fingerprint density at radius 2 is 1.90 bits per heavy atom. The van der Waals surface area contributed by atoms with Crippen molar-refractivity contribution in [2.45, 2.75) is 49.8 Å². The first-order valence-electron chi connectivity index (χ1n) is 13.5. The number of aryl methyl sites for hydroxylation is 1. The molecule has 0 N–H and O–H groups in total. The number of benzene rings is 2. The van der Waals surface area contributed by atoms with E-state index < -0.39 is 9.84 Å². The standard InChI is InChI=1S/C29H33ClN4O4S2.H2/c1-20(2)16-26(34-12-3-4-21-17-22(30)5-10-25(21)34)29(36)32-13-14-33(28(35)18-32)23-6-8-24(9-7-23)40(37,38)19-27-31-11-15-39-27;/h5-11,15,17,20,26H,3-4,12-14,16,18-19H2,1-2H3;1H/t26-;/m1./s1. The summed E-state index contributed by atoms with van der Waals surface area (Å²) in [5.41, 5.74) is 2.81. The molecule has 0 spiro atoms. The van der Waals surface area contributed by atoms with Crippen molar-refractivity contribution >= 4 is 56.0 Å². The van der Waals surface area contributed by atoms with Gasteiger partial charge in [-0.25, -0.2) is 13.4 Å². The molecule has 40 heavy (non-hydrogen) atoms. The van der Waals surface area contributed by atoms with Crippen LogP contribution in [-0.4, -0.2) is 62.3 Å². The lowest BCUT2D eigenvalue weighted by Gasteiger charge is -2.42. The Labute approximate surface area is 246 Å². The molecular formula is C29H35ClN4O4S2. The second-order valence-corrected chi connectivity index (χ2v) is 14.1. The summed E-state index contributed by atoms with van der Waals surface area (Å²) in [6.45, 7) is 5.73. The van der Waals surface area contributed by atoms with E-state index in [4.69, 9.17) is 11.6 Å². The van der Waals surface area contributed by atoms with Gasteiger partial charge >= 0.3 is 0 Å². The molecule has 2 aliphatic heterocycles. The zero-order valence-electron chi connectivity index (χ0n) is 22.6. The molecule has 1 atom stereocenters. The molecule has 0 unspecified atom stereocenters. The van der Waals surface area contributed by atoms with Crippen LogP contribution >= 0.6 is 22.9 Å². The van der Waals surface area contributed by atoms with Crippen LogP contribution in [0.25, 0.3) is 0 Å². The van der Waals surface area contributed by atoms with E-state index in [-0.39, 0.29) is 36.5 Å². The predicted molar refractivity (Wildman–Crippen MR) is 161 cm³/mol. The summed E-state index contributed by atoms with van der Waals surface area (Å²) in [4.78, 5) is 36.9. The van der Waals surface area contributed by atoms with Crippen LogP contribution in [-0.2, 0) is 31.6 Å². The fraction of sp³-hybridized carbons (Fsp3) is 0.414. The number of aromatic nitrogens is 1. The average Bonchev–Trinajstić information content (AvgIpc) is 3.43. The van der Waals surface area contributed by atoms with Crippen molar-refractivity contribution in [3.63, 3.8) is 0 Å². The molecule has 1 saturated heterocycles. The van der Waals surface area contributed by atoms with Gasteiger partial charge in [-0.3, -0.25) is 9.59 Å². The van der Waals surface area contributed by atoms with Crippen LogP contribution in [0.15, 0.2) is 58.9 Å². The van der Waals surface area contributed by atoms with Gasteiger partial charge in [-0.05, 0) is 73.2 Å². The van der Waals surface area contributed by atoms with E-state index in [1.807, 2.05) is 18.2 Å². The van der Waals surface area contributed by atoms with Crippen LogP contribution in [0.5, 0.6) is 0 Å². The van der Waals surface area contributed by atoms with Crippen LogP contribution in [0.3, 0.4) is 0 Å². The van der Waals surface area contributed by atoms with E-state index >= 15 is 0 Å². The molecule has 2 amide bonds. The highest BCUT2D eigenvalue weighted by Gasteiger charge is 2.36. The van der Waals surface area contributed by atoms with Gasteiger partial charge in [0, 0.05) is 49.0 Å². The normalized spacial score (nSPS) is 16.8. The number of nitrogens with zero attached hydrogens (tertiary/aromatic N) is 4. The van der Waals surface area contributed by atoms with Crippen LogP contribution in [0.2, 0.25) is 5.02 Å². The number of halogens is 1. The number of amides is 2. The maximum absolute atomic E-state index is 13.9. The van der Waals surface area contributed by atoms with Gasteiger partial charge in [0.05, 0.1) is 4.90 Å². The average molecular weight is 603 g/mol. The highest BCUT2D eigenvalue weighted by molar-refractivity contribution is 7.90. The molecule has 214 valence electrons. The third kappa shape index (κ3) is 6.19. The van der Waals surface area contributed by atoms with Crippen molar-refractivity contribution in [2.24, 2.45) is 5.92 Å². The van der Waals surface area contributed by atoms with Crippen molar-refractivity contribution in [1.82, 2.24) is 9.88 Å². The molecule has 0 bridgehead atoms. The van der Waals surface area contributed by atoms with E-state index in [1.165, 1.54) is 23.5 Å². The maximum Gasteiger partial charge on any atom is 0.246 e. The molecule has 1 aromatic heterocycles. The number of anilines is 2. The summed E-state index contributed by atoms with van der Waals surface area (Å²) < 4.78 is 25.5. The first kappa shape index (κ1) is 28.6. The van der Waals surface area contributed by atoms with Crippen molar-refractivity contribution in [2.75, 3.05) is 36.0 Å². The molecule has 11 heteroatoms. The van der Waals surface area contributed by atoms with Gasteiger partial charge < -0.3 is 14.7 Å². The first-order chi connectivity index (χ1) is 19.1. The molecule has 0 aliphatic carbocycles. The summed E-state index contributed by atoms with van der Waals surface area (Å²) in [6, 6.07) is 11.9. The lowest BCUT2D eigenvalue weighted by Crippen LogP contribution is -2.58. The summed E-state index contributed by atoms with van der Waals surface area (Å²) in [6.07, 6.45) is 4.14. The number of thiazole rings is 1. The number of hydrogen-bond acceptors (Lipinski definition) is 7. The van der Waals surface area contributed by atoms with E-state index in [2.05, 4.69) is 23.7 Å². The van der Waals surface area contributed by atoms with Gasteiger partial charge in [-0.15, -0.1) is 11.3 Å². The van der Waals surface area contributed by atoms with Gasteiger partial charge in [0.25, 0.3) is 0 Å². The van der Waals surface area contributed by atoms with Gasteiger partial charge in [-0.2, -0.15) is 0 Å². The Balaban J connectivity index is 0.00000387. The quantitative estimate of drug-likeness (QED) is 0.358. The first-order valence-corrected chi connectivity index (χ1v) is 16.4. The zero-order chi connectivity index (χ0) is 28.4. The minimum absolute atomic E-state index is 0. The third-order valence-corrected chi connectivity index (χ3v) is 10.2. The number of carbonyl (C=O) groups is 2. The minimum atomic E-state index is -3.54. The van der Waals surface area contributed by atoms with Crippen LogP contribution in [0.4, 0.5) is 11.4 Å². The fourth-order valence-electron chi connectivity index (χ4n) is 5.48. The molecule has 2 aromatic carbocycles. The SMILES string of the molecule is CC(C)C[C@H](C(=O)N1CCN(c2ccc(S(=O)(=O)Cc3nccs3)cc2)C(=O)C1)N1CCCc2cc(Cl)ccc21.[HH]. The predicted octanol–water partition coefficient (Wildman–Crippen LogP) is 5.06. The van der Waals surface area contributed by atoms with Gasteiger partial charge in [0.2, 0.25) is 11.8 Å². The number of carbonyl (C=O) groups excluding carboxylic acids is 2. The molecule has 0 radical (unpaired) electrons. The molecular weight excluding hydrogens is 568 g/mol. The topological polar surface area (TPSA) is 90.9 Å². The number of hydrogen-bond donors (Lipinski definition) is 0. The molecule has 3 aromatic rings. The zero-order valence-corrected chi connectivity index (χ0v) is 25.0. The molecule has 3 heterocycles. The summed E-state index contributed by atoms with van der Waals surface area (Å²) in [5, 5.41) is 2.98. The summed E-state index contributed by atoms with van der Waals surface area (Å²) >= 11 is 7.54. The number of sulfone groups is 1. The van der Waals surface area contributed by atoms with Crippen molar-refractivity contribution in [1.29, 1.82) is 0 Å². The van der Waals surface area contributed by atoms with E-state index in [1.54, 1.807) is 33.5 Å². The van der Waals surface area contributed by atoms with Crippen molar-refractivity contribution in [3.8, 4) is 0 Å². The molecule has 5 rings (SSSR count). The Kier molecular flexibility index (Phi) is 8.49. The lowest BCUT2D eigenvalue weighted by atomic mass is 9.95. The summed E-state index contributed by atoms with van der Waals surface area (Å²) in [7, 11) is -3.54. The highest BCUT2D eigenvalue weighted by Crippen LogP contribution is 2.33. The largest absolute Gasteiger partial charge is 0.359 e. The molecule has 1 fully saturated rings. The molecule has 2 aliphatic rings. The number of fused-ring (bicyclic) bond motifs is 1. The van der Waals surface area contributed by atoms with E-state index in [0.29, 0.717) is 41.1 Å². The fourth-order valence-corrected chi connectivity index (χ4v) is 7.92. The van der Waals surface area contributed by atoms with Crippen LogP contribution in [0.1, 0.15) is 38.7 Å². The Hall–Kier alpha value is -2.95. The van der Waals surface area contributed by atoms with Crippen LogP contribution < -0.4 is 9.80 Å². The summed E-state index contributed by atoms with van der Waals surface area (Å²) in [5.74, 6) is -0.0789. The number of rotatable bonds is 8. The monoisotopic (exact) mass is 602 g/mol. The Bertz CT molecular complexity index is 1480. The van der Waals surface area contributed by atoms with Gasteiger partial charge in [0.15, 0.2) is 9.84 Å². The van der Waals surface area contributed by atoms with E-state index in [0.717, 1.165) is 30.6 Å². The number of piperazine rings is 1. The lowest BCUT2D eigenvalue weighted by molar-refractivity contribution is -0.138. The van der Waals surface area contributed by atoms with E-state index in [9.17, 15) is 18.0 Å². The highest BCUT2D eigenvalue weighted by atomic mass is 35.5. The van der Waals surface area contributed by atoms with Crippen molar-refractivity contribution in [3.05, 3.63) is 69.6 Å². The second kappa shape index (κ2) is 11.9. The molecule has 8 nitrogen and oxygen atoms in total. The van der Waals surface area contributed by atoms with Gasteiger partial charge in [0.1, 0.15) is 23.3 Å². The minimum Gasteiger partial charge on any atom is -0.359 e. The van der Waals surface area contributed by atoms with Crippen molar-refractivity contribution < 1.29 is 19.4 Å². The molecule has 0 saturated carbocycles. The second-order valence-electron chi connectivity index (χ2n) is 10.7. The van der Waals surface area contributed by atoms with Crippen LogP contribution in [0, 0.1) is 5.92 Å². The Morgan fingerprint density at radius 3 is 2.58 bits per heavy atom. The van der Waals surface area contributed by atoms with Gasteiger partial charge in [-0.1, -0.05) is 25.4 Å². The third-order valence-electron chi connectivity index (χ3n) is 7.39. The maximum atomic E-state index is 13.9.